The molecule has 0 aliphatic carbocycles. The van der Waals surface area contributed by atoms with E-state index in [2.05, 4.69) is 5.32 Å². The lowest BCUT2D eigenvalue weighted by Crippen LogP contribution is -2.20. The molecule has 0 unspecified atom stereocenters. The van der Waals surface area contributed by atoms with Crippen LogP contribution in [-0.4, -0.2) is 17.4 Å². The van der Waals surface area contributed by atoms with E-state index in [9.17, 15) is 14.9 Å². The Bertz CT molecular complexity index is 805. The van der Waals surface area contributed by atoms with Crippen LogP contribution in [0.25, 0.3) is 0 Å². The Balaban J connectivity index is 2.05. The van der Waals surface area contributed by atoms with Crippen LogP contribution in [0.5, 0.6) is 5.75 Å². The lowest BCUT2D eigenvalue weighted by atomic mass is 10.1. The van der Waals surface area contributed by atoms with Crippen molar-refractivity contribution in [2.45, 2.75) is 20.8 Å². The summed E-state index contributed by atoms with van der Waals surface area (Å²) in [6.07, 6.45) is 0. The zero-order valence-corrected chi connectivity index (χ0v) is 14.3. The van der Waals surface area contributed by atoms with Crippen LogP contribution in [0.1, 0.15) is 16.7 Å². The summed E-state index contributed by atoms with van der Waals surface area (Å²) in [5.41, 5.74) is 3.17. The van der Waals surface area contributed by atoms with Crippen LogP contribution in [-0.2, 0) is 4.79 Å². The molecule has 2 aromatic rings. The lowest BCUT2D eigenvalue weighted by molar-refractivity contribution is -0.384. The van der Waals surface area contributed by atoms with Crippen molar-refractivity contribution in [1.82, 2.24) is 0 Å². The molecule has 1 N–H and O–H groups in total. The summed E-state index contributed by atoms with van der Waals surface area (Å²) in [7, 11) is 0. The zero-order valence-electron chi connectivity index (χ0n) is 13.6. The first-order valence-corrected chi connectivity index (χ1v) is 7.60. The number of carbonyl (C=O) groups is 1. The Hall–Kier alpha value is -2.60. The van der Waals surface area contributed by atoms with E-state index in [-0.39, 0.29) is 23.0 Å². The average Bonchev–Trinajstić information content (AvgIpc) is 2.51. The van der Waals surface area contributed by atoms with Crippen molar-refractivity contribution < 1.29 is 14.5 Å². The number of non-ortho nitro benzene ring substituents is 1. The van der Waals surface area contributed by atoms with Crippen LogP contribution in [0, 0.1) is 30.9 Å². The molecule has 0 fully saturated rings. The number of nitro groups is 1. The van der Waals surface area contributed by atoms with Crippen molar-refractivity contribution in [3.05, 3.63) is 62.2 Å². The predicted octanol–water partition coefficient (Wildman–Crippen LogP) is 4.19. The van der Waals surface area contributed by atoms with E-state index in [4.69, 9.17) is 16.3 Å². The summed E-state index contributed by atoms with van der Waals surface area (Å²) >= 11 is 5.95. The number of anilines is 1. The maximum absolute atomic E-state index is 12.0. The largest absolute Gasteiger partial charge is 0.483 e. The average molecular weight is 349 g/mol. The Morgan fingerprint density at radius 1 is 1.17 bits per heavy atom. The first kappa shape index (κ1) is 17.7. The van der Waals surface area contributed by atoms with E-state index in [1.165, 1.54) is 18.2 Å². The number of benzene rings is 2. The molecule has 0 aliphatic heterocycles. The number of halogens is 1. The van der Waals surface area contributed by atoms with Gasteiger partial charge in [0.2, 0.25) is 0 Å². The normalized spacial score (nSPS) is 10.3. The highest BCUT2D eigenvalue weighted by atomic mass is 35.5. The summed E-state index contributed by atoms with van der Waals surface area (Å²) < 4.78 is 5.54. The highest BCUT2D eigenvalue weighted by Crippen LogP contribution is 2.27. The number of rotatable bonds is 5. The maximum Gasteiger partial charge on any atom is 0.271 e. The van der Waals surface area contributed by atoms with E-state index in [1.54, 1.807) is 0 Å². The van der Waals surface area contributed by atoms with Gasteiger partial charge in [-0.2, -0.15) is 0 Å². The summed E-state index contributed by atoms with van der Waals surface area (Å²) in [5, 5.41) is 13.5. The molecule has 24 heavy (non-hydrogen) atoms. The molecule has 0 aromatic heterocycles. The lowest BCUT2D eigenvalue weighted by Gasteiger charge is -2.12. The van der Waals surface area contributed by atoms with Crippen molar-refractivity contribution in [1.29, 1.82) is 0 Å². The van der Waals surface area contributed by atoms with Crippen LogP contribution < -0.4 is 10.1 Å². The smallest absolute Gasteiger partial charge is 0.271 e. The van der Waals surface area contributed by atoms with E-state index >= 15 is 0 Å². The topological polar surface area (TPSA) is 81.5 Å². The molecular formula is C17H17ClN2O4. The molecule has 0 atom stereocenters. The Morgan fingerprint density at radius 2 is 1.83 bits per heavy atom. The number of nitrogens with zero attached hydrogens (tertiary/aromatic N) is 1. The second kappa shape index (κ2) is 7.31. The number of aryl methyl sites for hydroxylation is 3. The number of carbonyl (C=O) groups excluding carboxylic acids is 1. The molecule has 1 amide bonds. The van der Waals surface area contributed by atoms with Crippen molar-refractivity contribution >= 4 is 28.9 Å². The Kier molecular flexibility index (Phi) is 5.41. The van der Waals surface area contributed by atoms with Crippen molar-refractivity contribution in [2.75, 3.05) is 11.9 Å². The first-order valence-electron chi connectivity index (χ1n) is 7.22. The zero-order chi connectivity index (χ0) is 17.9. The SMILES string of the molecule is Cc1cc(C)c(OCC(=O)Nc2cc([N+](=O)[O-])ccc2Cl)cc1C. The number of hydrogen-bond donors (Lipinski definition) is 1. The molecule has 0 aliphatic rings. The highest BCUT2D eigenvalue weighted by molar-refractivity contribution is 6.33. The van der Waals surface area contributed by atoms with Crippen molar-refractivity contribution in [3.8, 4) is 5.75 Å². The molecule has 0 bridgehead atoms. The third-order valence-corrected chi connectivity index (χ3v) is 3.91. The standard InChI is InChI=1S/C17H17ClN2O4/c1-10-6-12(3)16(7-11(10)2)24-9-17(21)19-15-8-13(20(22)23)4-5-14(15)18/h4-8H,9H2,1-3H3,(H,19,21). The second-order valence-corrected chi connectivity index (χ2v) is 5.87. The van der Waals surface area contributed by atoms with Crippen LogP contribution in [0.4, 0.5) is 11.4 Å². The van der Waals surface area contributed by atoms with Crippen LogP contribution in [0.15, 0.2) is 30.3 Å². The third kappa shape index (κ3) is 4.23. The van der Waals surface area contributed by atoms with Gasteiger partial charge in [-0.1, -0.05) is 17.7 Å². The number of nitro benzene ring substituents is 1. The summed E-state index contributed by atoms with van der Waals surface area (Å²) in [6, 6.07) is 7.70. The number of ether oxygens (including phenoxy) is 1. The number of amides is 1. The van der Waals surface area contributed by atoms with Gasteiger partial charge in [-0.25, -0.2) is 0 Å². The van der Waals surface area contributed by atoms with E-state index in [0.29, 0.717) is 5.75 Å². The molecule has 0 spiro atoms. The minimum atomic E-state index is -0.555. The summed E-state index contributed by atoms with van der Waals surface area (Å²) in [6.45, 7) is 5.65. The first-order chi connectivity index (χ1) is 11.3. The van der Waals surface area contributed by atoms with Gasteiger partial charge < -0.3 is 10.1 Å². The van der Waals surface area contributed by atoms with Crippen molar-refractivity contribution in [3.63, 3.8) is 0 Å². The van der Waals surface area contributed by atoms with Gasteiger partial charge in [-0.3, -0.25) is 14.9 Å². The summed E-state index contributed by atoms with van der Waals surface area (Å²) in [4.78, 5) is 22.2. The van der Waals surface area contributed by atoms with E-state index < -0.39 is 10.8 Å². The highest BCUT2D eigenvalue weighted by Gasteiger charge is 2.13. The van der Waals surface area contributed by atoms with Gasteiger partial charge in [0.15, 0.2) is 6.61 Å². The molecule has 126 valence electrons. The van der Waals surface area contributed by atoms with Gasteiger partial charge in [0.1, 0.15) is 5.75 Å². The van der Waals surface area contributed by atoms with Gasteiger partial charge in [0.25, 0.3) is 11.6 Å². The monoisotopic (exact) mass is 348 g/mol. The molecule has 0 radical (unpaired) electrons. The molecular weight excluding hydrogens is 332 g/mol. The second-order valence-electron chi connectivity index (χ2n) is 5.46. The fraction of sp³-hybridized carbons (Fsp3) is 0.235. The molecule has 0 heterocycles. The Morgan fingerprint density at radius 3 is 2.50 bits per heavy atom. The molecule has 2 rings (SSSR count). The molecule has 0 saturated heterocycles. The minimum absolute atomic E-state index is 0.152. The van der Waals surface area contributed by atoms with Crippen LogP contribution >= 0.6 is 11.6 Å². The molecule has 2 aromatic carbocycles. The van der Waals surface area contributed by atoms with Crippen LogP contribution in [0.2, 0.25) is 5.02 Å². The third-order valence-electron chi connectivity index (χ3n) is 3.58. The van der Waals surface area contributed by atoms with Crippen molar-refractivity contribution in [2.24, 2.45) is 0 Å². The van der Waals surface area contributed by atoms with Crippen LogP contribution in [0.3, 0.4) is 0 Å². The summed E-state index contributed by atoms with van der Waals surface area (Å²) in [5.74, 6) is 0.174. The predicted molar refractivity (Wildman–Crippen MR) is 92.9 cm³/mol. The fourth-order valence-corrected chi connectivity index (χ4v) is 2.31. The molecule has 6 nitrogen and oxygen atoms in total. The van der Waals surface area contributed by atoms with E-state index in [1.807, 2.05) is 32.9 Å². The van der Waals surface area contributed by atoms with Gasteiger partial charge >= 0.3 is 0 Å². The maximum atomic E-state index is 12.0. The number of hydrogen-bond acceptors (Lipinski definition) is 4. The van der Waals surface area contributed by atoms with Gasteiger partial charge in [-0.05, 0) is 49.6 Å². The molecule has 7 heteroatoms. The van der Waals surface area contributed by atoms with E-state index in [0.717, 1.165) is 16.7 Å². The molecule has 0 saturated carbocycles. The number of nitrogens with one attached hydrogen (secondary N) is 1. The Labute approximate surface area is 144 Å². The fourth-order valence-electron chi connectivity index (χ4n) is 2.14. The van der Waals surface area contributed by atoms with Gasteiger partial charge in [-0.15, -0.1) is 0 Å². The minimum Gasteiger partial charge on any atom is -0.483 e. The van der Waals surface area contributed by atoms with Gasteiger partial charge in [0, 0.05) is 12.1 Å². The quantitative estimate of drug-likeness (QED) is 0.648. The van der Waals surface area contributed by atoms with Gasteiger partial charge in [0.05, 0.1) is 15.6 Å².